The molecule has 1 N–H and O–H groups in total. The number of carbonyl (C=O) groups excluding carboxylic acids is 1. The number of aryl methyl sites for hydroxylation is 2. The normalized spacial score (nSPS) is 11.2. The molecule has 0 aromatic carbocycles. The molecule has 4 heterocycles. The zero-order valence-corrected chi connectivity index (χ0v) is 18.3. The second-order valence-corrected chi connectivity index (χ2v) is 8.19. The van der Waals surface area contributed by atoms with Gasteiger partial charge in [0, 0.05) is 18.3 Å². The predicted molar refractivity (Wildman–Crippen MR) is 115 cm³/mol. The largest absolute Gasteiger partial charge is 0.356 e. The van der Waals surface area contributed by atoms with Gasteiger partial charge in [-0.05, 0) is 44.7 Å². The van der Waals surface area contributed by atoms with Gasteiger partial charge in [0.2, 0.25) is 5.91 Å². The van der Waals surface area contributed by atoms with Crippen LogP contribution in [0.15, 0.2) is 34.3 Å². The minimum atomic E-state index is -0.0727. The molecular weight excluding hydrogens is 400 g/mol. The van der Waals surface area contributed by atoms with Crippen LogP contribution in [0.1, 0.15) is 22.6 Å². The fraction of sp³-hybridized carbons (Fsp3) is 0.333. The zero-order valence-electron chi connectivity index (χ0n) is 17.5. The summed E-state index contributed by atoms with van der Waals surface area (Å²) in [6, 6.07) is 5.95. The average Bonchev–Trinajstić information content (AvgIpc) is 3.48. The summed E-state index contributed by atoms with van der Waals surface area (Å²) in [5, 5.41) is 17.9. The van der Waals surface area contributed by atoms with Gasteiger partial charge in [0.1, 0.15) is 6.54 Å². The Hall–Kier alpha value is -3.20. The summed E-state index contributed by atoms with van der Waals surface area (Å²) >= 11 is 1.64. The highest BCUT2D eigenvalue weighted by Crippen LogP contribution is 2.34. The molecular formula is C21H24N6O2S. The van der Waals surface area contributed by atoms with Crippen molar-refractivity contribution in [3.05, 3.63) is 52.4 Å². The Morgan fingerprint density at radius 2 is 2.07 bits per heavy atom. The average molecular weight is 425 g/mol. The molecule has 0 spiro atoms. The van der Waals surface area contributed by atoms with E-state index in [1.165, 1.54) is 0 Å². The standard InChI is InChI=1S/C21H24N6O2S/c1-13-10-18(29-25-13)17-11-23-26(21(17)19-6-5-9-30-19)8-7-22-20(28)12-27-16(4)14(2)15(3)24-27/h5-6,9-11H,7-8,12H2,1-4H3,(H,22,28). The van der Waals surface area contributed by atoms with Gasteiger partial charge < -0.3 is 9.84 Å². The number of carbonyl (C=O) groups is 1. The van der Waals surface area contributed by atoms with Crippen LogP contribution in [-0.4, -0.2) is 37.2 Å². The lowest BCUT2D eigenvalue weighted by molar-refractivity contribution is -0.121. The maximum absolute atomic E-state index is 12.4. The SMILES string of the molecule is Cc1cc(-c2cnn(CCNC(=O)Cn3nc(C)c(C)c3C)c2-c2cccs2)on1. The second kappa shape index (κ2) is 8.27. The van der Waals surface area contributed by atoms with Crippen molar-refractivity contribution < 1.29 is 9.32 Å². The molecule has 1 amide bonds. The van der Waals surface area contributed by atoms with Crippen LogP contribution < -0.4 is 5.32 Å². The number of nitrogens with zero attached hydrogens (tertiary/aromatic N) is 5. The highest BCUT2D eigenvalue weighted by Gasteiger charge is 2.19. The first-order valence-corrected chi connectivity index (χ1v) is 10.6. The molecule has 0 unspecified atom stereocenters. The van der Waals surface area contributed by atoms with Crippen molar-refractivity contribution in [2.75, 3.05) is 6.54 Å². The lowest BCUT2D eigenvalue weighted by Gasteiger charge is -2.10. The van der Waals surface area contributed by atoms with Gasteiger partial charge in [0.05, 0.1) is 40.3 Å². The van der Waals surface area contributed by atoms with E-state index in [2.05, 4.69) is 26.7 Å². The number of hydrogen-bond acceptors (Lipinski definition) is 6. The Morgan fingerprint density at radius 1 is 1.23 bits per heavy atom. The summed E-state index contributed by atoms with van der Waals surface area (Å²) in [4.78, 5) is 13.5. The van der Waals surface area contributed by atoms with Gasteiger partial charge in [0.25, 0.3) is 0 Å². The molecule has 0 bridgehead atoms. The van der Waals surface area contributed by atoms with Crippen LogP contribution in [0.4, 0.5) is 0 Å². The number of rotatable bonds is 7. The Kier molecular flexibility index (Phi) is 5.54. The first-order valence-electron chi connectivity index (χ1n) is 9.74. The van der Waals surface area contributed by atoms with E-state index < -0.39 is 0 Å². The van der Waals surface area contributed by atoms with Gasteiger partial charge in [-0.1, -0.05) is 11.2 Å². The van der Waals surface area contributed by atoms with E-state index in [0.29, 0.717) is 18.8 Å². The maximum atomic E-state index is 12.4. The Labute approximate surface area is 178 Å². The number of thiophene rings is 1. The van der Waals surface area contributed by atoms with Gasteiger partial charge in [-0.3, -0.25) is 14.2 Å². The van der Waals surface area contributed by atoms with Crippen LogP contribution >= 0.6 is 11.3 Å². The van der Waals surface area contributed by atoms with Gasteiger partial charge in [-0.2, -0.15) is 10.2 Å². The van der Waals surface area contributed by atoms with Crippen LogP contribution in [-0.2, 0) is 17.9 Å². The second-order valence-electron chi connectivity index (χ2n) is 7.24. The Balaban J connectivity index is 1.46. The lowest BCUT2D eigenvalue weighted by atomic mass is 10.1. The molecule has 4 rings (SSSR count). The van der Waals surface area contributed by atoms with Crippen molar-refractivity contribution in [1.82, 2.24) is 30.0 Å². The predicted octanol–water partition coefficient (Wildman–Crippen LogP) is 3.51. The third-order valence-electron chi connectivity index (χ3n) is 5.17. The molecule has 30 heavy (non-hydrogen) atoms. The molecule has 4 aromatic rings. The molecule has 156 valence electrons. The molecule has 0 saturated carbocycles. The Morgan fingerprint density at radius 3 is 2.70 bits per heavy atom. The lowest BCUT2D eigenvalue weighted by Crippen LogP contribution is -2.31. The molecule has 8 nitrogen and oxygen atoms in total. The van der Waals surface area contributed by atoms with E-state index in [1.54, 1.807) is 22.2 Å². The van der Waals surface area contributed by atoms with E-state index in [9.17, 15) is 4.79 Å². The summed E-state index contributed by atoms with van der Waals surface area (Å²) in [5.41, 5.74) is 5.76. The van der Waals surface area contributed by atoms with Crippen molar-refractivity contribution in [1.29, 1.82) is 0 Å². The number of hydrogen-bond donors (Lipinski definition) is 1. The highest BCUT2D eigenvalue weighted by molar-refractivity contribution is 7.13. The summed E-state index contributed by atoms with van der Waals surface area (Å²) in [5.74, 6) is 0.614. The summed E-state index contributed by atoms with van der Waals surface area (Å²) in [7, 11) is 0. The number of nitrogens with one attached hydrogen (secondary N) is 1. The quantitative estimate of drug-likeness (QED) is 0.490. The zero-order chi connectivity index (χ0) is 21.3. The van der Waals surface area contributed by atoms with Crippen molar-refractivity contribution in [3.63, 3.8) is 0 Å². The third kappa shape index (κ3) is 3.93. The van der Waals surface area contributed by atoms with Crippen molar-refractivity contribution >= 4 is 17.2 Å². The molecule has 0 aliphatic rings. The summed E-state index contributed by atoms with van der Waals surface area (Å²) in [6.07, 6.45) is 1.79. The molecule has 0 fully saturated rings. The smallest absolute Gasteiger partial charge is 0.241 e. The first-order chi connectivity index (χ1) is 14.4. The molecule has 0 atom stereocenters. The van der Waals surface area contributed by atoms with Crippen molar-refractivity contribution in [2.45, 2.75) is 40.8 Å². The van der Waals surface area contributed by atoms with Gasteiger partial charge in [-0.15, -0.1) is 11.3 Å². The number of aromatic nitrogens is 5. The summed E-state index contributed by atoms with van der Waals surface area (Å²) < 4.78 is 9.10. The Bertz CT molecular complexity index is 1170. The minimum Gasteiger partial charge on any atom is -0.356 e. The maximum Gasteiger partial charge on any atom is 0.241 e. The third-order valence-corrected chi connectivity index (χ3v) is 6.05. The molecule has 4 aromatic heterocycles. The van der Waals surface area contributed by atoms with E-state index in [4.69, 9.17) is 4.52 Å². The molecule has 9 heteroatoms. The van der Waals surface area contributed by atoms with Crippen LogP contribution in [0.2, 0.25) is 0 Å². The van der Waals surface area contributed by atoms with E-state index >= 15 is 0 Å². The molecule has 0 radical (unpaired) electrons. The summed E-state index contributed by atoms with van der Waals surface area (Å²) in [6.45, 7) is 9.06. The minimum absolute atomic E-state index is 0.0727. The van der Waals surface area contributed by atoms with E-state index in [-0.39, 0.29) is 12.5 Å². The fourth-order valence-electron chi connectivity index (χ4n) is 3.33. The topological polar surface area (TPSA) is 90.8 Å². The van der Waals surface area contributed by atoms with E-state index in [1.807, 2.05) is 49.9 Å². The van der Waals surface area contributed by atoms with Crippen molar-refractivity contribution in [3.8, 4) is 21.9 Å². The van der Waals surface area contributed by atoms with Crippen molar-refractivity contribution in [2.24, 2.45) is 0 Å². The number of amides is 1. The molecule has 0 aliphatic carbocycles. The monoisotopic (exact) mass is 424 g/mol. The fourth-order valence-corrected chi connectivity index (χ4v) is 4.12. The van der Waals surface area contributed by atoms with Gasteiger partial charge in [-0.25, -0.2) is 0 Å². The highest BCUT2D eigenvalue weighted by atomic mass is 32.1. The van der Waals surface area contributed by atoms with Crippen LogP contribution in [0.25, 0.3) is 21.9 Å². The first kappa shape index (κ1) is 20.1. The van der Waals surface area contributed by atoms with Crippen LogP contribution in [0, 0.1) is 27.7 Å². The van der Waals surface area contributed by atoms with Crippen LogP contribution in [0.3, 0.4) is 0 Å². The van der Waals surface area contributed by atoms with Gasteiger partial charge >= 0.3 is 0 Å². The van der Waals surface area contributed by atoms with Crippen LogP contribution in [0.5, 0.6) is 0 Å². The molecule has 0 aliphatic heterocycles. The van der Waals surface area contributed by atoms with Gasteiger partial charge in [0.15, 0.2) is 5.76 Å². The van der Waals surface area contributed by atoms with E-state index in [0.717, 1.165) is 38.8 Å². The molecule has 0 saturated heterocycles.